The van der Waals surface area contributed by atoms with Crippen LogP contribution in [0.2, 0.25) is 0 Å². The molecule has 2 heterocycles. The van der Waals surface area contributed by atoms with Crippen LogP contribution >= 0.6 is 11.3 Å². The lowest BCUT2D eigenvalue weighted by molar-refractivity contribution is -0.118. The van der Waals surface area contributed by atoms with E-state index in [1.54, 1.807) is 6.07 Å². The molecular weight excluding hydrogens is 282 g/mol. The van der Waals surface area contributed by atoms with Crippen LogP contribution in [0.1, 0.15) is 44.1 Å². The maximum absolute atomic E-state index is 12.3. The van der Waals surface area contributed by atoms with Crippen LogP contribution in [0, 0.1) is 17.2 Å². The molecule has 5 heteroatoms. The van der Waals surface area contributed by atoms with Crippen molar-refractivity contribution in [3.8, 4) is 6.07 Å². The zero-order chi connectivity index (χ0) is 14.7. The number of anilines is 1. The maximum Gasteiger partial charge on any atom is 0.239 e. The summed E-state index contributed by atoms with van der Waals surface area (Å²) in [6.07, 6.45) is 7.74. The molecule has 112 valence electrons. The number of hydrogen-bond donors (Lipinski definition) is 1. The Morgan fingerprint density at radius 3 is 3.05 bits per heavy atom. The molecule has 1 amide bonds. The highest BCUT2D eigenvalue weighted by molar-refractivity contribution is 7.14. The van der Waals surface area contributed by atoms with Gasteiger partial charge in [-0.05, 0) is 49.6 Å². The number of thiophene rings is 1. The second kappa shape index (κ2) is 6.59. The number of piperidine rings is 1. The smallest absolute Gasteiger partial charge is 0.239 e. The van der Waals surface area contributed by atoms with Gasteiger partial charge >= 0.3 is 0 Å². The molecule has 4 nitrogen and oxygen atoms in total. The van der Waals surface area contributed by atoms with Crippen LogP contribution < -0.4 is 5.32 Å². The van der Waals surface area contributed by atoms with Gasteiger partial charge in [0, 0.05) is 6.04 Å². The number of likely N-dealkylation sites (tertiary alicyclic amines) is 1. The molecule has 0 unspecified atom stereocenters. The van der Waals surface area contributed by atoms with Gasteiger partial charge in [0.2, 0.25) is 5.91 Å². The summed E-state index contributed by atoms with van der Waals surface area (Å²) in [5.74, 6) is 0.803. The zero-order valence-electron chi connectivity index (χ0n) is 12.2. The van der Waals surface area contributed by atoms with Gasteiger partial charge in [-0.3, -0.25) is 9.69 Å². The number of carbonyl (C=O) groups excluding carboxylic acids is 1. The summed E-state index contributed by atoms with van der Waals surface area (Å²) < 4.78 is 0. The van der Waals surface area contributed by atoms with E-state index in [4.69, 9.17) is 5.26 Å². The minimum Gasteiger partial charge on any atom is -0.315 e. The molecule has 0 bridgehead atoms. The van der Waals surface area contributed by atoms with Gasteiger partial charge in [0.25, 0.3) is 0 Å². The van der Waals surface area contributed by atoms with Crippen molar-refractivity contribution in [1.82, 2.24) is 4.90 Å². The first-order valence-corrected chi connectivity index (χ1v) is 8.67. The van der Waals surface area contributed by atoms with E-state index in [9.17, 15) is 4.79 Å². The lowest BCUT2D eigenvalue weighted by Crippen LogP contribution is -2.49. The van der Waals surface area contributed by atoms with Crippen LogP contribution in [0.3, 0.4) is 0 Å². The third-order valence-electron chi connectivity index (χ3n) is 4.74. The van der Waals surface area contributed by atoms with Gasteiger partial charge < -0.3 is 5.32 Å². The Morgan fingerprint density at radius 2 is 2.19 bits per heavy atom. The molecule has 1 aliphatic carbocycles. The molecule has 1 aliphatic heterocycles. The van der Waals surface area contributed by atoms with E-state index in [1.165, 1.54) is 49.9 Å². The van der Waals surface area contributed by atoms with Crippen molar-refractivity contribution in [1.29, 1.82) is 5.26 Å². The quantitative estimate of drug-likeness (QED) is 0.933. The average Bonchev–Trinajstić information content (AvgIpc) is 2.94. The van der Waals surface area contributed by atoms with Crippen LogP contribution in [0.25, 0.3) is 0 Å². The second-order valence-electron chi connectivity index (χ2n) is 6.05. The Kier molecular flexibility index (Phi) is 4.57. The average molecular weight is 303 g/mol. The fraction of sp³-hybridized carbons (Fsp3) is 0.625. The molecule has 2 atom stereocenters. The van der Waals surface area contributed by atoms with E-state index in [0.717, 1.165) is 12.5 Å². The Bertz CT molecular complexity index is 546. The summed E-state index contributed by atoms with van der Waals surface area (Å²) in [4.78, 5) is 14.6. The van der Waals surface area contributed by atoms with Crippen LogP contribution in [0.4, 0.5) is 5.00 Å². The van der Waals surface area contributed by atoms with E-state index in [-0.39, 0.29) is 5.91 Å². The fourth-order valence-corrected chi connectivity index (χ4v) is 4.52. The molecule has 0 aromatic carbocycles. The van der Waals surface area contributed by atoms with E-state index in [1.807, 2.05) is 5.38 Å². The summed E-state index contributed by atoms with van der Waals surface area (Å²) in [5.41, 5.74) is 0.558. The Morgan fingerprint density at radius 1 is 1.38 bits per heavy atom. The van der Waals surface area contributed by atoms with Crippen molar-refractivity contribution in [3.63, 3.8) is 0 Å². The molecule has 1 saturated heterocycles. The van der Waals surface area contributed by atoms with Crippen LogP contribution in [0.15, 0.2) is 11.4 Å². The fourth-order valence-electron chi connectivity index (χ4n) is 3.77. The summed E-state index contributed by atoms with van der Waals surface area (Å²) in [7, 11) is 0. The number of nitrogens with zero attached hydrogens (tertiary/aromatic N) is 2. The number of rotatable bonds is 3. The largest absolute Gasteiger partial charge is 0.315 e. The lowest BCUT2D eigenvalue weighted by Gasteiger charge is -2.43. The molecule has 21 heavy (non-hydrogen) atoms. The first kappa shape index (κ1) is 14.6. The van der Waals surface area contributed by atoms with E-state index in [0.29, 0.717) is 23.2 Å². The molecule has 0 spiro atoms. The zero-order valence-corrected chi connectivity index (χ0v) is 13.0. The molecule has 0 radical (unpaired) electrons. The Hall–Kier alpha value is -1.38. The number of hydrogen-bond acceptors (Lipinski definition) is 4. The maximum atomic E-state index is 12.3. The number of fused-ring (bicyclic) bond motifs is 1. The molecule has 1 N–H and O–H groups in total. The minimum atomic E-state index is 0.0140. The van der Waals surface area contributed by atoms with Crippen LogP contribution in [0.5, 0.6) is 0 Å². The van der Waals surface area contributed by atoms with E-state index < -0.39 is 0 Å². The van der Waals surface area contributed by atoms with E-state index >= 15 is 0 Å². The second-order valence-corrected chi connectivity index (χ2v) is 6.96. The molecule has 1 aromatic rings. The molecule has 1 saturated carbocycles. The van der Waals surface area contributed by atoms with Crippen molar-refractivity contribution in [2.24, 2.45) is 5.92 Å². The third kappa shape index (κ3) is 3.28. The highest BCUT2D eigenvalue weighted by Crippen LogP contribution is 2.35. The van der Waals surface area contributed by atoms with Crippen molar-refractivity contribution >= 4 is 22.2 Å². The predicted octanol–water partition coefficient (Wildman–Crippen LogP) is 3.21. The van der Waals surface area contributed by atoms with E-state index in [2.05, 4.69) is 16.3 Å². The first-order chi connectivity index (χ1) is 10.3. The van der Waals surface area contributed by atoms with Gasteiger partial charge in [-0.1, -0.05) is 12.8 Å². The lowest BCUT2D eigenvalue weighted by atomic mass is 9.78. The van der Waals surface area contributed by atoms with Crippen molar-refractivity contribution in [3.05, 3.63) is 17.0 Å². The number of carbonyl (C=O) groups is 1. The van der Waals surface area contributed by atoms with Crippen molar-refractivity contribution in [2.75, 3.05) is 18.4 Å². The van der Waals surface area contributed by atoms with Crippen LogP contribution in [-0.2, 0) is 4.79 Å². The molecule has 3 rings (SSSR count). The van der Waals surface area contributed by atoms with Gasteiger partial charge in [0.15, 0.2) is 0 Å². The highest BCUT2D eigenvalue weighted by Gasteiger charge is 2.33. The van der Waals surface area contributed by atoms with Crippen molar-refractivity contribution in [2.45, 2.75) is 44.6 Å². The first-order valence-electron chi connectivity index (χ1n) is 7.79. The van der Waals surface area contributed by atoms with Gasteiger partial charge in [-0.15, -0.1) is 11.3 Å². The van der Waals surface area contributed by atoms with Gasteiger partial charge in [-0.2, -0.15) is 5.26 Å². The summed E-state index contributed by atoms with van der Waals surface area (Å²) in [6, 6.07) is 4.45. The normalized spacial score (nSPS) is 25.9. The van der Waals surface area contributed by atoms with Crippen molar-refractivity contribution < 1.29 is 4.79 Å². The Labute approximate surface area is 129 Å². The SMILES string of the molecule is N#Cc1ccsc1NC(=O)CN1CCC[C@H]2CCCC[C@@H]21. The van der Waals surface area contributed by atoms with Gasteiger partial charge in [0.05, 0.1) is 12.1 Å². The number of nitrogens with one attached hydrogen (secondary N) is 1. The molecule has 2 fully saturated rings. The number of amides is 1. The summed E-state index contributed by atoms with van der Waals surface area (Å²) in [6.45, 7) is 1.49. The molecular formula is C16H21N3OS. The molecule has 1 aromatic heterocycles. The van der Waals surface area contributed by atoms with Gasteiger partial charge in [0.1, 0.15) is 11.1 Å². The predicted molar refractivity (Wildman–Crippen MR) is 84.2 cm³/mol. The Balaban J connectivity index is 1.60. The molecule has 2 aliphatic rings. The van der Waals surface area contributed by atoms with Crippen LogP contribution in [-0.4, -0.2) is 29.9 Å². The topological polar surface area (TPSA) is 56.1 Å². The summed E-state index contributed by atoms with van der Waals surface area (Å²) in [5, 5.41) is 14.4. The highest BCUT2D eigenvalue weighted by atomic mass is 32.1. The van der Waals surface area contributed by atoms with Gasteiger partial charge in [-0.25, -0.2) is 0 Å². The standard InChI is InChI=1S/C16H21N3OS/c17-10-13-7-9-21-16(13)18-15(20)11-19-8-3-5-12-4-1-2-6-14(12)19/h7,9,12,14H,1-6,8,11H2,(H,18,20)/t12-,14+/m1/s1. The minimum absolute atomic E-state index is 0.0140. The third-order valence-corrected chi connectivity index (χ3v) is 5.57. The monoisotopic (exact) mass is 303 g/mol. The summed E-state index contributed by atoms with van der Waals surface area (Å²) >= 11 is 1.41. The number of nitriles is 1.